The Balaban J connectivity index is 2.48. The van der Waals surface area contributed by atoms with Gasteiger partial charge in [0.15, 0.2) is 0 Å². The van der Waals surface area contributed by atoms with Crippen molar-refractivity contribution in [1.29, 1.82) is 0 Å². The maximum absolute atomic E-state index is 12.2. The summed E-state index contributed by atoms with van der Waals surface area (Å²) in [5, 5.41) is 3.78. The Morgan fingerprint density at radius 1 is 1.42 bits per heavy atom. The zero-order valence-electron chi connectivity index (χ0n) is 11.8. The van der Waals surface area contributed by atoms with Crippen molar-refractivity contribution in [3.8, 4) is 0 Å². The maximum atomic E-state index is 12.2. The van der Waals surface area contributed by atoms with Crippen LogP contribution in [0.5, 0.6) is 0 Å². The van der Waals surface area contributed by atoms with E-state index < -0.39 is 13.7 Å². The Kier molecular flexibility index (Phi) is 5.52. The van der Waals surface area contributed by atoms with E-state index in [0.717, 1.165) is 0 Å². The van der Waals surface area contributed by atoms with Gasteiger partial charge in [0.1, 0.15) is 0 Å². The van der Waals surface area contributed by atoms with Crippen molar-refractivity contribution in [2.45, 2.75) is 27.7 Å². The van der Waals surface area contributed by atoms with Gasteiger partial charge >= 0.3 is 13.7 Å². The smallest absolute Gasteiger partial charge is 0.427 e. The minimum atomic E-state index is -3.15. The molecule has 19 heavy (non-hydrogen) atoms. The van der Waals surface area contributed by atoms with Crippen molar-refractivity contribution in [2.24, 2.45) is 10.5 Å². The number of nitrogens with zero attached hydrogens (tertiary/aromatic N) is 1. The number of hydrazone groups is 1. The molecule has 1 N–H and O–H groups in total. The van der Waals surface area contributed by atoms with Crippen LogP contribution in [0.25, 0.3) is 0 Å². The van der Waals surface area contributed by atoms with Crippen LogP contribution in [0, 0.1) is 5.41 Å². The molecule has 0 aromatic rings. The van der Waals surface area contributed by atoms with Gasteiger partial charge in [-0.3, -0.25) is 4.57 Å². The Labute approximate surface area is 113 Å². The van der Waals surface area contributed by atoms with E-state index in [2.05, 4.69) is 15.3 Å². The summed E-state index contributed by atoms with van der Waals surface area (Å²) in [5.74, 6) is 0. The quantitative estimate of drug-likeness (QED) is 0.488. The van der Waals surface area contributed by atoms with E-state index >= 15 is 0 Å². The van der Waals surface area contributed by atoms with Crippen LogP contribution in [0.2, 0.25) is 0 Å². The molecule has 1 saturated heterocycles. The Bertz CT molecular complexity index is 394. The van der Waals surface area contributed by atoms with E-state index in [-0.39, 0.29) is 18.2 Å². The fraction of sp³-hybridized carbons (Fsp3) is 0.818. The van der Waals surface area contributed by atoms with E-state index in [1.807, 2.05) is 13.8 Å². The third-order valence-electron chi connectivity index (χ3n) is 2.34. The number of amides is 1. The van der Waals surface area contributed by atoms with Crippen molar-refractivity contribution in [2.75, 3.05) is 26.0 Å². The van der Waals surface area contributed by atoms with Crippen LogP contribution >= 0.6 is 7.60 Å². The molecule has 1 aliphatic heterocycles. The second-order valence-electron chi connectivity index (χ2n) is 5.16. The molecule has 1 heterocycles. The first-order chi connectivity index (χ1) is 8.76. The Hall–Kier alpha value is -0.910. The number of hydrogen-bond donors (Lipinski definition) is 1. The van der Waals surface area contributed by atoms with Gasteiger partial charge in [-0.15, -0.1) is 0 Å². The molecule has 7 nitrogen and oxygen atoms in total. The topological polar surface area (TPSA) is 86.2 Å². The summed E-state index contributed by atoms with van der Waals surface area (Å²) in [6, 6.07) is 0. The Morgan fingerprint density at radius 3 is 2.53 bits per heavy atom. The van der Waals surface area contributed by atoms with E-state index in [1.54, 1.807) is 13.8 Å². The molecule has 0 spiro atoms. The van der Waals surface area contributed by atoms with Crippen LogP contribution in [0.15, 0.2) is 5.10 Å². The lowest BCUT2D eigenvalue weighted by Gasteiger charge is -2.33. The summed E-state index contributed by atoms with van der Waals surface area (Å²) in [6.07, 6.45) is -0.595. The standard InChI is InChI=1S/C11H21N2O5P/c1-5-16-10(14)13-12-9(2)6-19(15)17-7-11(3,4)8-18-19/h5-8H2,1-4H3,(H,13,14). The molecule has 0 aliphatic carbocycles. The average molecular weight is 292 g/mol. The average Bonchev–Trinajstić information content (AvgIpc) is 2.32. The summed E-state index contributed by atoms with van der Waals surface area (Å²) in [4.78, 5) is 11.0. The molecule has 1 aliphatic rings. The molecule has 0 aromatic heterocycles. The monoisotopic (exact) mass is 292 g/mol. The molecule has 8 heteroatoms. The lowest BCUT2D eigenvalue weighted by molar-refractivity contribution is 0.0429. The van der Waals surface area contributed by atoms with Gasteiger partial charge in [-0.1, -0.05) is 13.8 Å². The number of nitrogens with one attached hydrogen (secondary N) is 1. The fourth-order valence-electron chi connectivity index (χ4n) is 1.34. The van der Waals surface area contributed by atoms with E-state index in [9.17, 15) is 9.36 Å². The summed E-state index contributed by atoms with van der Waals surface area (Å²) < 4.78 is 27.5. The summed E-state index contributed by atoms with van der Waals surface area (Å²) in [6.45, 7) is 8.30. The van der Waals surface area contributed by atoms with Gasteiger partial charge in [0.05, 0.1) is 26.0 Å². The van der Waals surface area contributed by atoms with Crippen LogP contribution in [0.4, 0.5) is 4.79 Å². The molecular weight excluding hydrogens is 271 g/mol. The number of rotatable bonds is 4. The van der Waals surface area contributed by atoms with Gasteiger partial charge in [0.2, 0.25) is 0 Å². The van der Waals surface area contributed by atoms with Crippen molar-refractivity contribution in [3.05, 3.63) is 0 Å². The first-order valence-corrected chi connectivity index (χ1v) is 7.83. The molecule has 1 rings (SSSR count). The molecule has 110 valence electrons. The lowest BCUT2D eigenvalue weighted by atomic mass is 9.97. The molecule has 0 unspecified atom stereocenters. The van der Waals surface area contributed by atoms with Gasteiger partial charge < -0.3 is 13.8 Å². The van der Waals surface area contributed by atoms with Crippen LogP contribution in [0.1, 0.15) is 27.7 Å². The minimum Gasteiger partial charge on any atom is -0.449 e. The third-order valence-corrected chi connectivity index (χ3v) is 4.23. The molecule has 0 radical (unpaired) electrons. The number of hydrogen-bond acceptors (Lipinski definition) is 6. The second-order valence-corrected chi connectivity index (χ2v) is 7.21. The highest BCUT2D eigenvalue weighted by atomic mass is 31.2. The van der Waals surface area contributed by atoms with Gasteiger partial charge in [-0.25, -0.2) is 10.2 Å². The molecule has 1 fully saturated rings. The second kappa shape index (κ2) is 6.50. The molecule has 0 atom stereocenters. The first-order valence-electron chi connectivity index (χ1n) is 6.10. The van der Waals surface area contributed by atoms with Crippen molar-refractivity contribution in [1.82, 2.24) is 5.43 Å². The summed E-state index contributed by atoms with van der Waals surface area (Å²) in [7, 11) is -3.15. The maximum Gasteiger partial charge on any atom is 0.427 e. The summed E-state index contributed by atoms with van der Waals surface area (Å²) in [5.41, 5.74) is 2.52. The fourth-order valence-corrected chi connectivity index (χ4v) is 3.32. The SMILES string of the molecule is CCOC(=O)NN=C(C)CP1(=O)OCC(C)(C)CO1. The van der Waals surface area contributed by atoms with Crippen LogP contribution in [0.3, 0.4) is 0 Å². The predicted molar refractivity (Wildman–Crippen MR) is 71.4 cm³/mol. The van der Waals surface area contributed by atoms with Crippen LogP contribution in [-0.4, -0.2) is 37.8 Å². The highest BCUT2D eigenvalue weighted by molar-refractivity contribution is 7.55. The third kappa shape index (κ3) is 5.72. The predicted octanol–water partition coefficient (Wildman–Crippen LogP) is 2.37. The Morgan fingerprint density at radius 2 is 2.00 bits per heavy atom. The zero-order valence-corrected chi connectivity index (χ0v) is 12.7. The summed E-state index contributed by atoms with van der Waals surface area (Å²) >= 11 is 0. The molecule has 0 aromatic carbocycles. The molecule has 0 saturated carbocycles. The van der Waals surface area contributed by atoms with Gasteiger partial charge in [0, 0.05) is 11.1 Å². The van der Waals surface area contributed by atoms with E-state index in [0.29, 0.717) is 18.9 Å². The molecule has 1 amide bonds. The minimum absolute atomic E-state index is 0.0511. The van der Waals surface area contributed by atoms with Crippen LogP contribution in [-0.2, 0) is 18.3 Å². The van der Waals surface area contributed by atoms with Gasteiger partial charge in [-0.05, 0) is 13.8 Å². The van der Waals surface area contributed by atoms with Crippen molar-refractivity contribution < 1.29 is 23.1 Å². The highest BCUT2D eigenvalue weighted by Gasteiger charge is 2.36. The highest BCUT2D eigenvalue weighted by Crippen LogP contribution is 2.53. The zero-order chi connectivity index (χ0) is 14.5. The number of ether oxygens (including phenoxy) is 1. The van der Waals surface area contributed by atoms with E-state index in [1.165, 1.54) is 0 Å². The van der Waals surface area contributed by atoms with Gasteiger partial charge in [-0.2, -0.15) is 5.10 Å². The molecule has 0 bridgehead atoms. The lowest BCUT2D eigenvalue weighted by Crippen LogP contribution is -2.31. The van der Waals surface area contributed by atoms with E-state index in [4.69, 9.17) is 9.05 Å². The van der Waals surface area contributed by atoms with Crippen molar-refractivity contribution in [3.63, 3.8) is 0 Å². The number of carbonyl (C=O) groups is 1. The molecular formula is C11H21N2O5P. The first kappa shape index (κ1) is 16.1. The van der Waals surface area contributed by atoms with Crippen molar-refractivity contribution >= 4 is 19.4 Å². The largest absolute Gasteiger partial charge is 0.449 e. The van der Waals surface area contributed by atoms with Gasteiger partial charge in [0.25, 0.3) is 0 Å². The normalized spacial score (nSPS) is 21.8. The van der Waals surface area contributed by atoms with Crippen LogP contribution < -0.4 is 5.43 Å². The number of carbonyl (C=O) groups excluding carboxylic acids is 1.